The third kappa shape index (κ3) is 5.59. The van der Waals surface area contributed by atoms with Crippen LogP contribution in [0.5, 0.6) is 5.75 Å². The topological polar surface area (TPSA) is 74.2 Å². The smallest absolute Gasteiger partial charge is 0.193 e. The van der Waals surface area contributed by atoms with Gasteiger partial charge in [-0.05, 0) is 57.5 Å². The summed E-state index contributed by atoms with van der Waals surface area (Å²) in [6, 6.07) is 8.50. The maximum atomic E-state index is 12.3. The number of sulfone groups is 1. The van der Waals surface area contributed by atoms with Crippen LogP contribution in [0, 0.1) is 0 Å². The number of nitrogens with zero attached hydrogens (tertiary/aromatic N) is 3. The Bertz CT molecular complexity index is 821. The van der Waals surface area contributed by atoms with Crippen molar-refractivity contribution in [1.29, 1.82) is 0 Å². The normalized spacial score (nSPS) is 22.3. The number of likely N-dealkylation sites (tertiary alicyclic amines) is 1. The molecule has 170 valence electrons. The quantitative estimate of drug-likeness (QED) is 0.345. The molecule has 2 saturated heterocycles. The number of aliphatic imine (C=N–C) groups is 1. The molecule has 1 N–H and O–H groups in total. The van der Waals surface area contributed by atoms with Crippen LogP contribution in [0.15, 0.2) is 29.3 Å². The SMILES string of the molecule is CN=C(NCC(c1ccc(OC)cc1)N1CCCC1)N1CCS(=O)(=O)C(C)(C)C1.I. The first-order valence-electron chi connectivity index (χ1n) is 10.3. The number of hydrogen-bond donors (Lipinski definition) is 1. The van der Waals surface area contributed by atoms with Gasteiger partial charge >= 0.3 is 0 Å². The van der Waals surface area contributed by atoms with Crippen molar-refractivity contribution in [2.75, 3.05) is 52.6 Å². The van der Waals surface area contributed by atoms with E-state index in [1.807, 2.05) is 12.1 Å². The number of rotatable bonds is 5. The molecule has 2 heterocycles. The molecule has 30 heavy (non-hydrogen) atoms. The Balaban J connectivity index is 0.00000320. The van der Waals surface area contributed by atoms with Crippen molar-refractivity contribution in [3.63, 3.8) is 0 Å². The standard InChI is InChI=1S/C21H34N4O3S.HI/c1-21(2)16-25(13-14-29(21,26)27)20(22-3)23-15-19(24-11-5-6-12-24)17-7-9-18(28-4)10-8-17;/h7-10,19H,5-6,11-16H2,1-4H3,(H,22,23);1H. The van der Waals surface area contributed by atoms with E-state index in [1.165, 1.54) is 18.4 Å². The van der Waals surface area contributed by atoms with Crippen LogP contribution in [0.25, 0.3) is 0 Å². The van der Waals surface area contributed by atoms with E-state index in [0.29, 0.717) is 13.1 Å². The molecular formula is C21H35IN4O3S. The van der Waals surface area contributed by atoms with Gasteiger partial charge in [0, 0.05) is 26.7 Å². The Morgan fingerprint density at radius 2 is 1.83 bits per heavy atom. The molecule has 3 rings (SSSR count). The lowest BCUT2D eigenvalue weighted by atomic mass is 10.1. The molecule has 7 nitrogen and oxygen atoms in total. The van der Waals surface area contributed by atoms with Crippen molar-refractivity contribution in [3.05, 3.63) is 29.8 Å². The summed E-state index contributed by atoms with van der Waals surface area (Å²) in [5.74, 6) is 1.79. The molecule has 0 aromatic heterocycles. The van der Waals surface area contributed by atoms with Gasteiger partial charge in [-0.25, -0.2) is 8.42 Å². The van der Waals surface area contributed by atoms with E-state index >= 15 is 0 Å². The van der Waals surface area contributed by atoms with Gasteiger partial charge in [-0.1, -0.05) is 12.1 Å². The predicted molar refractivity (Wildman–Crippen MR) is 133 cm³/mol. The van der Waals surface area contributed by atoms with Gasteiger partial charge in [-0.15, -0.1) is 24.0 Å². The fourth-order valence-corrected chi connectivity index (χ4v) is 5.55. The van der Waals surface area contributed by atoms with Gasteiger partial charge < -0.3 is 15.0 Å². The van der Waals surface area contributed by atoms with Crippen molar-refractivity contribution in [3.8, 4) is 5.75 Å². The fraction of sp³-hybridized carbons (Fsp3) is 0.667. The summed E-state index contributed by atoms with van der Waals surface area (Å²) in [7, 11) is 0.366. The van der Waals surface area contributed by atoms with Gasteiger partial charge in [0.2, 0.25) is 0 Å². The number of ether oxygens (including phenoxy) is 1. The van der Waals surface area contributed by atoms with E-state index in [1.54, 1.807) is 28.0 Å². The Hall–Kier alpha value is -1.07. The molecule has 2 aliphatic rings. The molecule has 2 fully saturated rings. The van der Waals surface area contributed by atoms with E-state index < -0.39 is 14.6 Å². The summed E-state index contributed by atoms with van der Waals surface area (Å²) in [5.41, 5.74) is 1.25. The average Bonchev–Trinajstić information content (AvgIpc) is 3.22. The van der Waals surface area contributed by atoms with E-state index in [0.717, 1.165) is 31.3 Å². The Morgan fingerprint density at radius 3 is 2.37 bits per heavy atom. The van der Waals surface area contributed by atoms with Crippen LogP contribution in [0.4, 0.5) is 0 Å². The Morgan fingerprint density at radius 1 is 1.20 bits per heavy atom. The fourth-order valence-electron chi connectivity index (χ4n) is 4.18. The molecule has 1 aromatic rings. The van der Waals surface area contributed by atoms with E-state index in [9.17, 15) is 8.42 Å². The number of methoxy groups -OCH3 is 1. The molecule has 1 atom stereocenters. The highest BCUT2D eigenvalue weighted by Crippen LogP contribution is 2.27. The van der Waals surface area contributed by atoms with Crippen LogP contribution >= 0.6 is 24.0 Å². The third-order valence-corrected chi connectivity index (χ3v) is 8.62. The summed E-state index contributed by atoms with van der Waals surface area (Å²) >= 11 is 0. The monoisotopic (exact) mass is 550 g/mol. The zero-order valence-corrected chi connectivity index (χ0v) is 21.6. The maximum Gasteiger partial charge on any atom is 0.193 e. The highest BCUT2D eigenvalue weighted by Gasteiger charge is 2.41. The highest BCUT2D eigenvalue weighted by atomic mass is 127. The molecule has 9 heteroatoms. The number of halogens is 1. The molecule has 0 amide bonds. The summed E-state index contributed by atoms with van der Waals surface area (Å²) in [6.07, 6.45) is 2.44. The second kappa shape index (κ2) is 10.5. The van der Waals surface area contributed by atoms with Crippen molar-refractivity contribution in [2.45, 2.75) is 37.5 Å². The van der Waals surface area contributed by atoms with Gasteiger partial charge in [-0.3, -0.25) is 9.89 Å². The third-order valence-electron chi connectivity index (χ3n) is 6.09. The molecule has 0 radical (unpaired) electrons. The highest BCUT2D eigenvalue weighted by molar-refractivity contribution is 14.0. The van der Waals surface area contributed by atoms with Crippen LogP contribution in [0.3, 0.4) is 0 Å². The Kier molecular flexibility index (Phi) is 8.81. The van der Waals surface area contributed by atoms with Gasteiger partial charge in [0.15, 0.2) is 15.8 Å². The summed E-state index contributed by atoms with van der Waals surface area (Å²) in [5, 5.41) is 3.52. The van der Waals surface area contributed by atoms with Gasteiger partial charge in [0.05, 0.1) is 23.7 Å². The van der Waals surface area contributed by atoms with Crippen molar-refractivity contribution in [2.24, 2.45) is 4.99 Å². The lowest BCUT2D eigenvalue weighted by Gasteiger charge is -2.39. The first-order valence-corrected chi connectivity index (χ1v) is 12.0. The van der Waals surface area contributed by atoms with E-state index in [2.05, 4.69) is 32.2 Å². The van der Waals surface area contributed by atoms with Crippen molar-refractivity contribution >= 4 is 39.8 Å². The van der Waals surface area contributed by atoms with Crippen LogP contribution in [0.2, 0.25) is 0 Å². The van der Waals surface area contributed by atoms with Gasteiger partial charge in [0.1, 0.15) is 5.75 Å². The number of hydrogen-bond acceptors (Lipinski definition) is 5. The minimum Gasteiger partial charge on any atom is -0.497 e. The molecule has 0 spiro atoms. The number of guanidine groups is 1. The molecule has 1 aromatic carbocycles. The van der Waals surface area contributed by atoms with E-state index in [4.69, 9.17) is 4.74 Å². The van der Waals surface area contributed by atoms with Gasteiger partial charge in [-0.2, -0.15) is 0 Å². The molecule has 0 bridgehead atoms. The summed E-state index contributed by atoms with van der Waals surface area (Å²) in [4.78, 5) is 9.02. The first-order chi connectivity index (χ1) is 13.8. The molecule has 1 unspecified atom stereocenters. The lowest BCUT2D eigenvalue weighted by molar-refractivity contribution is 0.242. The number of nitrogens with one attached hydrogen (secondary N) is 1. The minimum absolute atomic E-state index is 0. The minimum atomic E-state index is -3.07. The second-order valence-corrected chi connectivity index (χ2v) is 11.2. The van der Waals surface area contributed by atoms with Crippen LogP contribution < -0.4 is 10.1 Å². The van der Waals surface area contributed by atoms with Gasteiger partial charge in [0.25, 0.3) is 0 Å². The van der Waals surface area contributed by atoms with Crippen molar-refractivity contribution in [1.82, 2.24) is 15.1 Å². The van der Waals surface area contributed by atoms with Crippen LogP contribution in [0.1, 0.15) is 38.3 Å². The van der Waals surface area contributed by atoms with E-state index in [-0.39, 0.29) is 35.8 Å². The molecular weight excluding hydrogens is 515 g/mol. The van der Waals surface area contributed by atoms with Crippen LogP contribution in [-0.4, -0.2) is 81.6 Å². The Labute approximate surface area is 198 Å². The van der Waals surface area contributed by atoms with Crippen LogP contribution in [-0.2, 0) is 9.84 Å². The number of benzene rings is 1. The van der Waals surface area contributed by atoms with Crippen molar-refractivity contribution < 1.29 is 13.2 Å². The molecule has 0 aliphatic carbocycles. The summed E-state index contributed by atoms with van der Waals surface area (Å²) in [6.45, 7) is 7.42. The summed E-state index contributed by atoms with van der Waals surface area (Å²) < 4.78 is 29.2. The molecule has 0 saturated carbocycles. The zero-order valence-electron chi connectivity index (χ0n) is 18.4. The average molecular weight is 551 g/mol. The zero-order chi connectivity index (χ0) is 21.1. The second-order valence-electron chi connectivity index (χ2n) is 8.46. The predicted octanol–water partition coefficient (Wildman–Crippen LogP) is 2.53. The first kappa shape index (κ1) is 25.2. The molecule has 2 aliphatic heterocycles. The lowest BCUT2D eigenvalue weighted by Crippen LogP contribution is -2.57. The largest absolute Gasteiger partial charge is 0.497 e. The maximum absolute atomic E-state index is 12.3.